The molecule has 0 radical (unpaired) electrons. The lowest BCUT2D eigenvalue weighted by molar-refractivity contribution is 0.0892. The smallest absolute Gasteiger partial charge is 0.268 e. The van der Waals surface area contributed by atoms with Gasteiger partial charge in [0.1, 0.15) is 4.90 Å². The van der Waals surface area contributed by atoms with Crippen LogP contribution in [-0.4, -0.2) is 25.7 Å². The first-order chi connectivity index (χ1) is 8.01. The number of carbonyl (C=O) groups excluding carboxylic acids is 1. The quantitative estimate of drug-likeness (QED) is 0.710. The van der Waals surface area contributed by atoms with E-state index in [-0.39, 0.29) is 10.5 Å². The molecule has 0 saturated heterocycles. The van der Waals surface area contributed by atoms with Crippen LogP contribution < -0.4 is 0 Å². The van der Waals surface area contributed by atoms with Gasteiger partial charge in [-0.25, -0.2) is 12.7 Å². The summed E-state index contributed by atoms with van der Waals surface area (Å²) < 4.78 is 24.7. The molecule has 17 heavy (non-hydrogen) atoms. The average Bonchev–Trinajstić information content (AvgIpc) is 2.49. The van der Waals surface area contributed by atoms with E-state index in [1.807, 2.05) is 24.3 Å². The summed E-state index contributed by atoms with van der Waals surface area (Å²) in [6.45, 7) is 0. The molecule has 1 amide bonds. The zero-order valence-corrected chi connectivity index (χ0v) is 9.86. The lowest BCUT2D eigenvalue weighted by Crippen LogP contribution is -2.24. The first-order valence-electron chi connectivity index (χ1n) is 5.08. The Morgan fingerprint density at radius 2 is 1.65 bits per heavy atom. The predicted octanol–water partition coefficient (Wildman–Crippen LogP) is 1.61. The maximum Gasteiger partial charge on any atom is 0.268 e. The Morgan fingerprint density at radius 1 is 1.06 bits per heavy atom. The van der Waals surface area contributed by atoms with Crippen LogP contribution in [0.2, 0.25) is 0 Å². The molecule has 86 valence electrons. The van der Waals surface area contributed by atoms with Crippen molar-refractivity contribution >= 4 is 26.7 Å². The van der Waals surface area contributed by atoms with Crippen LogP contribution in [0.3, 0.4) is 0 Å². The Kier molecular flexibility index (Phi) is 1.86. The van der Waals surface area contributed by atoms with Crippen molar-refractivity contribution in [2.75, 3.05) is 7.05 Å². The normalized spacial score (nSPS) is 17.5. The molecule has 3 rings (SSSR count). The van der Waals surface area contributed by atoms with Gasteiger partial charge in [-0.1, -0.05) is 24.3 Å². The molecule has 2 aromatic carbocycles. The molecule has 4 nitrogen and oxygen atoms in total. The van der Waals surface area contributed by atoms with Crippen molar-refractivity contribution in [3.8, 4) is 0 Å². The molecular formula is C12H9NO3S. The van der Waals surface area contributed by atoms with Gasteiger partial charge in [0.25, 0.3) is 15.9 Å². The fourth-order valence-corrected chi connectivity index (χ4v) is 3.34. The molecule has 5 heteroatoms. The topological polar surface area (TPSA) is 54.5 Å². The van der Waals surface area contributed by atoms with E-state index in [0.717, 1.165) is 15.1 Å². The average molecular weight is 247 g/mol. The fourth-order valence-electron chi connectivity index (χ4n) is 2.03. The third kappa shape index (κ3) is 1.23. The van der Waals surface area contributed by atoms with E-state index >= 15 is 0 Å². The molecule has 0 aliphatic carbocycles. The standard InChI is InChI=1S/C12H9NO3S/c1-13-12(14)10-6-8-4-2-3-5-9(8)7-11(10)17(13,15)16/h2-7H,1H3. The molecule has 0 atom stereocenters. The summed E-state index contributed by atoms with van der Waals surface area (Å²) in [5.41, 5.74) is 0.256. The van der Waals surface area contributed by atoms with E-state index in [4.69, 9.17) is 0 Å². The van der Waals surface area contributed by atoms with Gasteiger partial charge in [0, 0.05) is 7.05 Å². The van der Waals surface area contributed by atoms with E-state index in [1.54, 1.807) is 12.1 Å². The Labute approximate surface area is 98.5 Å². The van der Waals surface area contributed by atoms with E-state index in [2.05, 4.69) is 0 Å². The summed E-state index contributed by atoms with van der Waals surface area (Å²) in [7, 11) is -2.36. The SMILES string of the molecule is CN1C(=O)c2cc3ccccc3cc2S1(=O)=O. The van der Waals surface area contributed by atoms with E-state index < -0.39 is 15.9 Å². The summed E-state index contributed by atoms with van der Waals surface area (Å²) in [6, 6.07) is 10.6. The first kappa shape index (κ1) is 10.3. The summed E-state index contributed by atoms with van der Waals surface area (Å²) in [5, 5.41) is 1.68. The van der Waals surface area contributed by atoms with Crippen LogP contribution in [0.1, 0.15) is 10.4 Å². The predicted molar refractivity (Wildman–Crippen MR) is 63.2 cm³/mol. The minimum atomic E-state index is -3.64. The first-order valence-corrected chi connectivity index (χ1v) is 6.52. The second kappa shape index (κ2) is 3.07. The lowest BCUT2D eigenvalue weighted by atomic mass is 10.1. The molecule has 1 heterocycles. The van der Waals surface area contributed by atoms with E-state index in [1.165, 1.54) is 7.05 Å². The van der Waals surface area contributed by atoms with Crippen LogP contribution >= 0.6 is 0 Å². The van der Waals surface area contributed by atoms with Crippen LogP contribution in [0.25, 0.3) is 10.8 Å². The molecule has 1 aliphatic rings. The van der Waals surface area contributed by atoms with Gasteiger partial charge in [-0.05, 0) is 22.9 Å². The van der Waals surface area contributed by atoms with Crippen LogP contribution in [0.15, 0.2) is 41.3 Å². The van der Waals surface area contributed by atoms with Crippen LogP contribution in [0.5, 0.6) is 0 Å². The largest absolute Gasteiger partial charge is 0.268 e. The molecular weight excluding hydrogens is 238 g/mol. The summed E-state index contributed by atoms with van der Waals surface area (Å²) >= 11 is 0. The van der Waals surface area contributed by atoms with Crippen LogP contribution in [-0.2, 0) is 10.0 Å². The third-order valence-corrected chi connectivity index (χ3v) is 4.78. The monoisotopic (exact) mass is 247 g/mol. The van der Waals surface area contributed by atoms with Crippen molar-refractivity contribution in [3.63, 3.8) is 0 Å². The van der Waals surface area contributed by atoms with Gasteiger partial charge in [-0.3, -0.25) is 4.79 Å². The summed E-state index contributed by atoms with van der Waals surface area (Å²) in [4.78, 5) is 11.9. The molecule has 0 saturated carbocycles. The Balaban J connectivity index is 2.46. The molecule has 0 aromatic heterocycles. The van der Waals surface area contributed by atoms with Crippen LogP contribution in [0.4, 0.5) is 0 Å². The number of sulfonamides is 1. The van der Waals surface area contributed by atoms with Gasteiger partial charge >= 0.3 is 0 Å². The number of benzene rings is 2. The maximum atomic E-state index is 11.9. The molecule has 0 fully saturated rings. The highest BCUT2D eigenvalue weighted by atomic mass is 32.2. The van der Waals surface area contributed by atoms with Crippen LogP contribution in [0, 0.1) is 0 Å². The number of carbonyl (C=O) groups is 1. The fraction of sp³-hybridized carbons (Fsp3) is 0.0833. The third-order valence-electron chi connectivity index (χ3n) is 3.00. The number of nitrogens with zero attached hydrogens (tertiary/aromatic N) is 1. The van der Waals surface area contributed by atoms with Crippen molar-refractivity contribution in [2.45, 2.75) is 4.90 Å². The zero-order chi connectivity index (χ0) is 12.2. The van der Waals surface area contributed by atoms with Crippen molar-refractivity contribution < 1.29 is 13.2 Å². The second-order valence-electron chi connectivity index (χ2n) is 3.97. The summed E-state index contributed by atoms with van der Waals surface area (Å²) in [6.07, 6.45) is 0. The number of hydrogen-bond acceptors (Lipinski definition) is 3. The minimum absolute atomic E-state index is 0.101. The van der Waals surface area contributed by atoms with Gasteiger partial charge in [0.15, 0.2) is 0 Å². The number of rotatable bonds is 0. The van der Waals surface area contributed by atoms with Crippen molar-refractivity contribution in [3.05, 3.63) is 42.0 Å². The highest BCUT2D eigenvalue weighted by molar-refractivity contribution is 7.90. The molecule has 2 aromatic rings. The molecule has 0 N–H and O–H groups in total. The number of hydrogen-bond donors (Lipinski definition) is 0. The lowest BCUT2D eigenvalue weighted by Gasteiger charge is -2.05. The highest BCUT2D eigenvalue weighted by Gasteiger charge is 2.38. The Bertz CT molecular complexity index is 749. The number of fused-ring (bicyclic) bond motifs is 2. The number of amides is 1. The maximum absolute atomic E-state index is 11.9. The van der Waals surface area contributed by atoms with Gasteiger partial charge in [-0.2, -0.15) is 0 Å². The minimum Gasteiger partial charge on any atom is -0.268 e. The Hall–Kier alpha value is -1.88. The van der Waals surface area contributed by atoms with Crippen molar-refractivity contribution in [1.82, 2.24) is 4.31 Å². The van der Waals surface area contributed by atoms with Crippen molar-refractivity contribution in [2.24, 2.45) is 0 Å². The van der Waals surface area contributed by atoms with E-state index in [0.29, 0.717) is 0 Å². The second-order valence-corrected chi connectivity index (χ2v) is 5.91. The Morgan fingerprint density at radius 3 is 2.29 bits per heavy atom. The van der Waals surface area contributed by atoms with Crippen molar-refractivity contribution in [1.29, 1.82) is 0 Å². The molecule has 0 spiro atoms. The highest BCUT2D eigenvalue weighted by Crippen LogP contribution is 2.32. The van der Waals surface area contributed by atoms with Gasteiger partial charge in [0.05, 0.1) is 5.56 Å². The molecule has 0 bridgehead atoms. The van der Waals surface area contributed by atoms with Gasteiger partial charge in [-0.15, -0.1) is 0 Å². The molecule has 1 aliphatic heterocycles. The zero-order valence-electron chi connectivity index (χ0n) is 9.04. The van der Waals surface area contributed by atoms with Gasteiger partial charge in [0.2, 0.25) is 0 Å². The van der Waals surface area contributed by atoms with E-state index in [9.17, 15) is 13.2 Å². The van der Waals surface area contributed by atoms with Gasteiger partial charge < -0.3 is 0 Å². The molecule has 0 unspecified atom stereocenters. The summed E-state index contributed by atoms with van der Waals surface area (Å²) in [5.74, 6) is -0.467.